The Morgan fingerprint density at radius 1 is 1.17 bits per heavy atom. The molecule has 0 saturated carbocycles. The standard InChI is InChI=1S/C21H24N2O5S/c1-15-5-8-17(9-6-15)29(26,27)13-11-20(24)22-16-7-10-18(19(14-16)28-2)23-12-3-4-21(23)25/h5-10,14H,3-4,11-13H2,1-2H3,(H,22,24). The van der Waals surface area contributed by atoms with Crippen molar-refractivity contribution < 1.29 is 22.7 Å². The quantitative estimate of drug-likeness (QED) is 0.749. The van der Waals surface area contributed by atoms with E-state index < -0.39 is 15.7 Å². The number of amides is 2. The third-order valence-corrected chi connectivity index (χ3v) is 6.54. The summed E-state index contributed by atoms with van der Waals surface area (Å²) in [5.74, 6) is -0.168. The monoisotopic (exact) mass is 416 g/mol. The summed E-state index contributed by atoms with van der Waals surface area (Å²) in [5, 5.41) is 2.69. The Hall–Kier alpha value is -2.87. The van der Waals surface area contributed by atoms with Crippen LogP contribution in [0.25, 0.3) is 0 Å². The molecular weight excluding hydrogens is 392 g/mol. The number of rotatable bonds is 7. The molecule has 1 heterocycles. The number of nitrogens with zero attached hydrogens (tertiary/aromatic N) is 1. The van der Waals surface area contributed by atoms with Gasteiger partial charge in [-0.25, -0.2) is 8.42 Å². The zero-order valence-corrected chi connectivity index (χ0v) is 17.3. The highest BCUT2D eigenvalue weighted by molar-refractivity contribution is 7.91. The summed E-state index contributed by atoms with van der Waals surface area (Å²) in [5.41, 5.74) is 2.11. The Bertz CT molecular complexity index is 1020. The van der Waals surface area contributed by atoms with Crippen molar-refractivity contribution in [3.8, 4) is 5.75 Å². The first-order chi connectivity index (χ1) is 13.8. The van der Waals surface area contributed by atoms with Crippen LogP contribution < -0.4 is 15.0 Å². The first-order valence-electron chi connectivity index (χ1n) is 9.38. The Morgan fingerprint density at radius 3 is 2.52 bits per heavy atom. The van der Waals surface area contributed by atoms with Gasteiger partial charge in [0.05, 0.1) is 23.4 Å². The second-order valence-electron chi connectivity index (χ2n) is 6.97. The number of sulfone groups is 1. The highest BCUT2D eigenvalue weighted by atomic mass is 32.2. The number of hydrogen-bond donors (Lipinski definition) is 1. The maximum atomic E-state index is 12.4. The van der Waals surface area contributed by atoms with Crippen LogP contribution in [0.15, 0.2) is 47.4 Å². The molecule has 8 heteroatoms. The number of aryl methyl sites for hydroxylation is 1. The third-order valence-electron chi connectivity index (χ3n) is 4.81. The van der Waals surface area contributed by atoms with E-state index in [0.29, 0.717) is 30.1 Å². The van der Waals surface area contributed by atoms with Gasteiger partial charge in [0.2, 0.25) is 11.8 Å². The van der Waals surface area contributed by atoms with Crippen molar-refractivity contribution in [3.05, 3.63) is 48.0 Å². The van der Waals surface area contributed by atoms with E-state index in [1.165, 1.54) is 7.11 Å². The predicted molar refractivity (Wildman–Crippen MR) is 111 cm³/mol. The molecule has 0 radical (unpaired) electrons. The molecule has 1 aliphatic heterocycles. The highest BCUT2D eigenvalue weighted by Gasteiger charge is 2.24. The van der Waals surface area contributed by atoms with Crippen LogP contribution in [0.3, 0.4) is 0 Å². The molecule has 0 bridgehead atoms. The van der Waals surface area contributed by atoms with Gasteiger partial charge < -0.3 is 15.0 Å². The summed E-state index contributed by atoms with van der Waals surface area (Å²) in [4.78, 5) is 26.1. The van der Waals surface area contributed by atoms with Crippen LogP contribution in [0.5, 0.6) is 5.75 Å². The second kappa shape index (κ2) is 8.65. The van der Waals surface area contributed by atoms with Gasteiger partial charge in [-0.3, -0.25) is 9.59 Å². The van der Waals surface area contributed by atoms with Crippen molar-refractivity contribution in [2.75, 3.05) is 29.6 Å². The van der Waals surface area contributed by atoms with E-state index in [1.54, 1.807) is 47.4 Å². The van der Waals surface area contributed by atoms with Crippen LogP contribution in [0, 0.1) is 6.92 Å². The molecule has 2 amide bonds. The molecule has 1 fully saturated rings. The lowest BCUT2D eigenvalue weighted by molar-refractivity contribution is -0.117. The minimum absolute atomic E-state index is 0.0430. The van der Waals surface area contributed by atoms with Crippen LogP contribution in [-0.4, -0.2) is 39.6 Å². The van der Waals surface area contributed by atoms with Crippen molar-refractivity contribution >= 4 is 33.0 Å². The number of hydrogen-bond acceptors (Lipinski definition) is 5. The molecular formula is C21H24N2O5S. The normalized spacial score (nSPS) is 14.1. The number of carbonyl (C=O) groups excluding carboxylic acids is 2. The lowest BCUT2D eigenvalue weighted by atomic mass is 10.2. The van der Waals surface area contributed by atoms with Gasteiger partial charge in [0, 0.05) is 31.1 Å². The smallest absolute Gasteiger partial charge is 0.227 e. The predicted octanol–water partition coefficient (Wildman–Crippen LogP) is 2.93. The Labute approximate surface area is 170 Å². The largest absolute Gasteiger partial charge is 0.494 e. The fourth-order valence-electron chi connectivity index (χ4n) is 3.20. The van der Waals surface area contributed by atoms with Crippen LogP contribution >= 0.6 is 0 Å². The van der Waals surface area contributed by atoms with Crippen molar-refractivity contribution in [2.45, 2.75) is 31.1 Å². The van der Waals surface area contributed by atoms with Gasteiger partial charge >= 0.3 is 0 Å². The number of ether oxygens (including phenoxy) is 1. The number of methoxy groups -OCH3 is 1. The molecule has 0 atom stereocenters. The van der Waals surface area contributed by atoms with E-state index in [-0.39, 0.29) is 23.0 Å². The third kappa shape index (κ3) is 4.95. The lowest BCUT2D eigenvalue weighted by Gasteiger charge is -2.19. The van der Waals surface area contributed by atoms with Gasteiger partial charge in [-0.2, -0.15) is 0 Å². The van der Waals surface area contributed by atoms with Crippen LogP contribution in [-0.2, 0) is 19.4 Å². The zero-order valence-electron chi connectivity index (χ0n) is 16.5. The molecule has 2 aromatic rings. The molecule has 0 unspecified atom stereocenters. The highest BCUT2D eigenvalue weighted by Crippen LogP contribution is 2.33. The first-order valence-corrected chi connectivity index (χ1v) is 11.0. The van der Waals surface area contributed by atoms with Crippen LogP contribution in [0.2, 0.25) is 0 Å². The SMILES string of the molecule is COc1cc(NC(=O)CCS(=O)(=O)c2ccc(C)cc2)ccc1N1CCCC1=O. The second-order valence-corrected chi connectivity index (χ2v) is 9.07. The van der Waals surface area contributed by atoms with Crippen molar-refractivity contribution in [2.24, 2.45) is 0 Å². The molecule has 2 aromatic carbocycles. The number of anilines is 2. The first kappa shape index (κ1) is 20.9. The van der Waals surface area contributed by atoms with E-state index in [0.717, 1.165) is 12.0 Å². The van der Waals surface area contributed by atoms with Gasteiger partial charge in [0.15, 0.2) is 9.84 Å². The Kier molecular flexibility index (Phi) is 6.22. The Balaban J connectivity index is 1.64. The van der Waals surface area contributed by atoms with Crippen molar-refractivity contribution in [1.29, 1.82) is 0 Å². The van der Waals surface area contributed by atoms with Gasteiger partial charge in [-0.1, -0.05) is 17.7 Å². The molecule has 1 saturated heterocycles. The fourth-order valence-corrected chi connectivity index (χ4v) is 4.44. The number of carbonyl (C=O) groups is 2. The van der Waals surface area contributed by atoms with Crippen molar-refractivity contribution in [3.63, 3.8) is 0 Å². The van der Waals surface area contributed by atoms with Gasteiger partial charge in [-0.05, 0) is 37.6 Å². The average molecular weight is 416 g/mol. The molecule has 154 valence electrons. The van der Waals surface area contributed by atoms with Crippen LogP contribution in [0.1, 0.15) is 24.8 Å². The van der Waals surface area contributed by atoms with E-state index in [2.05, 4.69) is 5.32 Å². The molecule has 1 aliphatic rings. The maximum Gasteiger partial charge on any atom is 0.227 e. The summed E-state index contributed by atoms with van der Waals surface area (Å²) in [7, 11) is -2.03. The minimum atomic E-state index is -3.53. The topological polar surface area (TPSA) is 92.8 Å². The lowest BCUT2D eigenvalue weighted by Crippen LogP contribution is -2.24. The van der Waals surface area contributed by atoms with Crippen LogP contribution in [0.4, 0.5) is 11.4 Å². The zero-order chi connectivity index (χ0) is 21.0. The fraction of sp³-hybridized carbons (Fsp3) is 0.333. The minimum Gasteiger partial charge on any atom is -0.494 e. The average Bonchev–Trinajstić information content (AvgIpc) is 3.12. The van der Waals surface area contributed by atoms with E-state index in [1.807, 2.05) is 6.92 Å². The summed E-state index contributed by atoms with van der Waals surface area (Å²) in [6, 6.07) is 11.6. The molecule has 0 aromatic heterocycles. The van der Waals surface area contributed by atoms with Gasteiger partial charge in [-0.15, -0.1) is 0 Å². The molecule has 7 nitrogen and oxygen atoms in total. The number of benzene rings is 2. The molecule has 0 aliphatic carbocycles. The number of nitrogens with one attached hydrogen (secondary N) is 1. The van der Waals surface area contributed by atoms with E-state index in [4.69, 9.17) is 4.74 Å². The molecule has 1 N–H and O–H groups in total. The van der Waals surface area contributed by atoms with Crippen molar-refractivity contribution in [1.82, 2.24) is 0 Å². The van der Waals surface area contributed by atoms with Gasteiger partial charge in [0.1, 0.15) is 5.75 Å². The molecule has 0 spiro atoms. The molecule has 29 heavy (non-hydrogen) atoms. The Morgan fingerprint density at radius 2 is 1.90 bits per heavy atom. The van der Waals surface area contributed by atoms with Gasteiger partial charge in [0.25, 0.3) is 0 Å². The summed E-state index contributed by atoms with van der Waals surface area (Å²) >= 11 is 0. The molecule has 3 rings (SSSR count). The van der Waals surface area contributed by atoms with E-state index in [9.17, 15) is 18.0 Å². The summed E-state index contributed by atoms with van der Waals surface area (Å²) < 4.78 is 30.1. The van der Waals surface area contributed by atoms with E-state index >= 15 is 0 Å². The summed E-state index contributed by atoms with van der Waals surface area (Å²) in [6.07, 6.45) is 1.15. The maximum absolute atomic E-state index is 12.4. The summed E-state index contributed by atoms with van der Waals surface area (Å²) in [6.45, 7) is 2.51.